The molecule has 4 nitrogen and oxygen atoms in total. The number of para-hydroxylation sites is 1. The highest BCUT2D eigenvalue weighted by atomic mass is 15.2. The normalized spacial score (nSPS) is 16.6. The molecule has 226 valence electrons. The Balaban J connectivity index is 1.29. The minimum atomic E-state index is 0.189. The number of nitrogens with zero attached hydrogens (tertiary/aromatic N) is 4. The average Bonchev–Trinajstić information content (AvgIpc) is 3.12. The van der Waals surface area contributed by atoms with Crippen LogP contribution in [0.15, 0.2) is 151 Å². The summed E-state index contributed by atoms with van der Waals surface area (Å²) in [6.07, 6.45) is 5.80. The van der Waals surface area contributed by atoms with Crippen LogP contribution in [0.2, 0.25) is 0 Å². The monoisotopic (exact) mass is 614 g/mol. The number of hydrogen-bond donors (Lipinski definition) is 0. The third-order valence-corrected chi connectivity index (χ3v) is 10.1. The summed E-state index contributed by atoms with van der Waals surface area (Å²) in [6, 6.07) is 49.0. The van der Waals surface area contributed by atoms with Crippen LogP contribution in [-0.4, -0.2) is 6.04 Å². The smallest absolute Gasteiger partial charge is 0.0991 e. The Morgan fingerprint density at radius 2 is 1.10 bits per heavy atom. The van der Waals surface area contributed by atoms with E-state index in [4.69, 9.17) is 0 Å². The van der Waals surface area contributed by atoms with Crippen LogP contribution in [0.25, 0.3) is 32.3 Å². The fourth-order valence-corrected chi connectivity index (χ4v) is 7.92. The Morgan fingerprint density at radius 1 is 0.583 bits per heavy atom. The Morgan fingerprint density at radius 3 is 1.69 bits per heavy atom. The van der Waals surface area contributed by atoms with Gasteiger partial charge in [0.05, 0.1) is 35.0 Å². The SMILES string of the molecule is CC1C=C2C=C(C2)C1N(c1ccc(C#N)cc1)c1ccc2ccc3c(N(c4ccccc4)c4ccc(C#N)cc4)ccc4ccc1c2c43. The third-order valence-electron chi connectivity index (χ3n) is 10.1. The molecule has 0 fully saturated rings. The van der Waals surface area contributed by atoms with Crippen molar-refractivity contribution >= 4 is 60.8 Å². The van der Waals surface area contributed by atoms with Gasteiger partial charge in [-0.3, -0.25) is 0 Å². The van der Waals surface area contributed by atoms with E-state index < -0.39 is 0 Å². The lowest BCUT2D eigenvalue weighted by Gasteiger charge is -2.45. The first-order chi connectivity index (χ1) is 23.6. The summed E-state index contributed by atoms with van der Waals surface area (Å²) in [7, 11) is 0. The molecule has 0 saturated heterocycles. The molecule has 48 heavy (non-hydrogen) atoms. The summed E-state index contributed by atoms with van der Waals surface area (Å²) >= 11 is 0. The average molecular weight is 615 g/mol. The second-order valence-corrected chi connectivity index (χ2v) is 12.9. The van der Waals surface area contributed by atoms with Crippen LogP contribution in [0.1, 0.15) is 24.5 Å². The van der Waals surface area contributed by atoms with Gasteiger partial charge in [0.1, 0.15) is 0 Å². The van der Waals surface area contributed by atoms with Crippen molar-refractivity contribution in [2.45, 2.75) is 19.4 Å². The lowest BCUT2D eigenvalue weighted by molar-refractivity contribution is 0.541. The number of benzene rings is 7. The molecule has 0 amide bonds. The lowest BCUT2D eigenvalue weighted by Crippen LogP contribution is -2.42. The maximum absolute atomic E-state index is 9.56. The number of anilines is 5. The number of hydrogen-bond acceptors (Lipinski definition) is 4. The Kier molecular flexibility index (Phi) is 6.32. The summed E-state index contributed by atoms with van der Waals surface area (Å²) in [5.41, 5.74) is 9.57. The molecule has 0 heterocycles. The van der Waals surface area contributed by atoms with E-state index in [1.54, 1.807) is 0 Å². The second-order valence-electron chi connectivity index (χ2n) is 12.9. The predicted octanol–water partition coefficient (Wildman–Crippen LogP) is 11.2. The summed E-state index contributed by atoms with van der Waals surface area (Å²) in [6.45, 7) is 2.32. The van der Waals surface area contributed by atoms with Gasteiger partial charge < -0.3 is 9.80 Å². The van der Waals surface area contributed by atoms with E-state index in [-0.39, 0.29) is 6.04 Å². The Labute approximate surface area is 279 Å². The molecule has 0 saturated carbocycles. The zero-order valence-corrected chi connectivity index (χ0v) is 26.4. The van der Waals surface area contributed by atoms with Crippen LogP contribution in [0.5, 0.6) is 0 Å². The van der Waals surface area contributed by atoms with Gasteiger partial charge in [0.15, 0.2) is 0 Å². The molecule has 0 N–H and O–H groups in total. The van der Waals surface area contributed by atoms with Crippen LogP contribution < -0.4 is 9.80 Å². The highest BCUT2D eigenvalue weighted by molar-refractivity contribution is 6.28. The maximum Gasteiger partial charge on any atom is 0.0991 e. The highest BCUT2D eigenvalue weighted by Crippen LogP contribution is 2.49. The van der Waals surface area contributed by atoms with Crippen molar-refractivity contribution in [3.8, 4) is 12.1 Å². The Bertz CT molecular complexity index is 2510. The topological polar surface area (TPSA) is 54.1 Å². The summed E-state index contributed by atoms with van der Waals surface area (Å²) < 4.78 is 0. The van der Waals surface area contributed by atoms with Gasteiger partial charge in [-0.15, -0.1) is 0 Å². The number of rotatable bonds is 6. The zero-order chi connectivity index (χ0) is 32.4. The molecule has 3 aliphatic rings. The second kappa shape index (κ2) is 10.9. The number of fused-ring (bicyclic) bond motifs is 2. The molecule has 10 rings (SSSR count). The molecule has 2 atom stereocenters. The van der Waals surface area contributed by atoms with Gasteiger partial charge in [0, 0.05) is 33.5 Å². The van der Waals surface area contributed by atoms with E-state index in [0.717, 1.165) is 29.2 Å². The minimum Gasteiger partial charge on any atom is -0.333 e. The highest BCUT2D eigenvalue weighted by Gasteiger charge is 2.37. The number of allylic oxidation sites excluding steroid dienone is 2. The number of nitriles is 2. The molecule has 7 aromatic rings. The van der Waals surface area contributed by atoms with Gasteiger partial charge in [0.25, 0.3) is 0 Å². The first kappa shape index (κ1) is 27.9. The van der Waals surface area contributed by atoms with Crippen LogP contribution >= 0.6 is 0 Å². The minimum absolute atomic E-state index is 0.189. The molecular weight excluding hydrogens is 585 g/mol. The van der Waals surface area contributed by atoms with E-state index >= 15 is 0 Å². The van der Waals surface area contributed by atoms with Gasteiger partial charge in [-0.05, 0) is 118 Å². The molecule has 7 aromatic carbocycles. The Hall–Kier alpha value is -6.36. The van der Waals surface area contributed by atoms with Crippen molar-refractivity contribution in [1.29, 1.82) is 10.5 Å². The molecule has 4 heteroatoms. The van der Waals surface area contributed by atoms with Crippen molar-refractivity contribution in [3.05, 3.63) is 162 Å². The van der Waals surface area contributed by atoms with Crippen molar-refractivity contribution in [1.82, 2.24) is 0 Å². The van der Waals surface area contributed by atoms with E-state index in [0.29, 0.717) is 17.0 Å². The van der Waals surface area contributed by atoms with E-state index in [9.17, 15) is 10.5 Å². The molecule has 2 unspecified atom stereocenters. The van der Waals surface area contributed by atoms with Crippen molar-refractivity contribution in [2.75, 3.05) is 9.80 Å². The van der Waals surface area contributed by atoms with Gasteiger partial charge in [-0.25, -0.2) is 0 Å². The molecule has 0 aliphatic heterocycles. The molecular formula is C44H30N4. The summed E-state index contributed by atoms with van der Waals surface area (Å²) in [5.74, 6) is 0.349. The van der Waals surface area contributed by atoms with Crippen molar-refractivity contribution in [3.63, 3.8) is 0 Å². The fraction of sp³-hybridized carbons (Fsp3) is 0.0909. The largest absolute Gasteiger partial charge is 0.333 e. The molecule has 0 spiro atoms. The standard InChI is InChI=1S/C44H30N4/c1-28-23-31-24-34(25-31)44(28)48(37-17-9-30(27-46)10-18-37)41-22-14-33-11-19-38-40(21-13-32-12-20-39(41)43(33)42(32)38)47(35-5-3-2-4-6-35)36-15-7-29(26-45)8-16-36/h2-24,28,44H,25H2,1H3. The predicted molar refractivity (Wildman–Crippen MR) is 197 cm³/mol. The van der Waals surface area contributed by atoms with Gasteiger partial charge in [-0.2, -0.15) is 10.5 Å². The van der Waals surface area contributed by atoms with E-state index in [2.05, 4.69) is 126 Å². The lowest BCUT2D eigenvalue weighted by atomic mass is 9.73. The molecule has 3 aliphatic carbocycles. The van der Waals surface area contributed by atoms with E-state index in [1.807, 2.05) is 42.5 Å². The molecule has 0 aromatic heterocycles. The van der Waals surface area contributed by atoms with Crippen molar-refractivity contribution in [2.24, 2.45) is 5.92 Å². The van der Waals surface area contributed by atoms with Crippen LogP contribution in [0.4, 0.5) is 28.4 Å². The van der Waals surface area contributed by atoms with E-state index in [1.165, 1.54) is 49.2 Å². The quantitative estimate of drug-likeness (QED) is 0.175. The van der Waals surface area contributed by atoms with Gasteiger partial charge in [-0.1, -0.05) is 73.7 Å². The van der Waals surface area contributed by atoms with Crippen molar-refractivity contribution < 1.29 is 0 Å². The first-order valence-electron chi connectivity index (χ1n) is 16.4. The summed E-state index contributed by atoms with van der Waals surface area (Å²) in [4.78, 5) is 4.79. The van der Waals surface area contributed by atoms with Gasteiger partial charge in [0.2, 0.25) is 0 Å². The van der Waals surface area contributed by atoms with Crippen LogP contribution in [-0.2, 0) is 0 Å². The summed E-state index contributed by atoms with van der Waals surface area (Å²) in [5, 5.41) is 26.3. The third kappa shape index (κ3) is 4.28. The fourth-order valence-electron chi connectivity index (χ4n) is 7.92. The first-order valence-corrected chi connectivity index (χ1v) is 16.4. The molecule has 0 radical (unpaired) electrons. The molecule has 2 bridgehead atoms. The van der Waals surface area contributed by atoms with Crippen LogP contribution in [0.3, 0.4) is 0 Å². The van der Waals surface area contributed by atoms with Crippen LogP contribution in [0, 0.1) is 28.6 Å². The van der Waals surface area contributed by atoms with Gasteiger partial charge >= 0.3 is 0 Å². The zero-order valence-electron chi connectivity index (χ0n) is 26.4. The maximum atomic E-state index is 9.56.